The van der Waals surface area contributed by atoms with Crippen molar-refractivity contribution in [1.82, 2.24) is 5.32 Å². The lowest BCUT2D eigenvalue weighted by atomic mass is 10.0. The fourth-order valence-electron chi connectivity index (χ4n) is 2.19. The van der Waals surface area contributed by atoms with Crippen molar-refractivity contribution < 1.29 is 8.95 Å². The third kappa shape index (κ3) is 3.38. The van der Waals surface area contributed by atoms with Crippen LogP contribution in [0, 0.1) is 0 Å². The molecule has 0 aromatic heterocycles. The normalized spacial score (nSPS) is 14.2. The minimum atomic E-state index is -0.783. The van der Waals surface area contributed by atoms with E-state index < -0.39 is 10.8 Å². The van der Waals surface area contributed by atoms with E-state index in [4.69, 9.17) is 4.74 Å². The van der Waals surface area contributed by atoms with Gasteiger partial charge < -0.3 is 10.1 Å². The minimum absolute atomic E-state index is 0.166. The SMILES string of the molecule is COc1ccc(CNCC(C)S(C)=O)c2ccccc12. The lowest BCUT2D eigenvalue weighted by molar-refractivity contribution is 0.419. The fourth-order valence-corrected chi connectivity index (χ4v) is 2.55. The number of fused-ring (bicyclic) bond motifs is 1. The summed E-state index contributed by atoms with van der Waals surface area (Å²) in [5.74, 6) is 0.896. The second-order valence-electron chi connectivity index (χ2n) is 4.91. The van der Waals surface area contributed by atoms with Gasteiger partial charge in [-0.2, -0.15) is 0 Å². The van der Waals surface area contributed by atoms with Gasteiger partial charge in [-0.3, -0.25) is 4.21 Å². The zero-order chi connectivity index (χ0) is 14.5. The van der Waals surface area contributed by atoms with Crippen LogP contribution in [-0.4, -0.2) is 29.4 Å². The quantitative estimate of drug-likeness (QED) is 0.889. The molecule has 0 radical (unpaired) electrons. The molecular formula is C16H21NO2S. The number of hydrogen-bond acceptors (Lipinski definition) is 3. The summed E-state index contributed by atoms with van der Waals surface area (Å²) in [5, 5.41) is 5.87. The number of methoxy groups -OCH3 is 1. The monoisotopic (exact) mass is 291 g/mol. The van der Waals surface area contributed by atoms with E-state index in [1.165, 1.54) is 10.9 Å². The molecule has 0 aliphatic heterocycles. The molecule has 4 heteroatoms. The molecule has 2 rings (SSSR count). The highest BCUT2D eigenvalue weighted by molar-refractivity contribution is 7.84. The first-order valence-electron chi connectivity index (χ1n) is 6.71. The van der Waals surface area contributed by atoms with Crippen LogP contribution in [0.1, 0.15) is 12.5 Å². The van der Waals surface area contributed by atoms with Gasteiger partial charge in [0.25, 0.3) is 0 Å². The molecule has 20 heavy (non-hydrogen) atoms. The minimum Gasteiger partial charge on any atom is -0.496 e. The summed E-state index contributed by atoms with van der Waals surface area (Å²) in [4.78, 5) is 0. The molecule has 1 N–H and O–H groups in total. The Hall–Kier alpha value is -1.39. The molecule has 0 aliphatic carbocycles. The number of rotatable bonds is 6. The predicted octanol–water partition coefficient (Wildman–Crippen LogP) is 2.71. The lowest BCUT2D eigenvalue weighted by Gasteiger charge is -2.13. The van der Waals surface area contributed by atoms with E-state index in [0.29, 0.717) is 0 Å². The van der Waals surface area contributed by atoms with Crippen molar-refractivity contribution in [1.29, 1.82) is 0 Å². The highest BCUT2D eigenvalue weighted by atomic mass is 32.2. The Morgan fingerprint density at radius 3 is 2.55 bits per heavy atom. The summed E-state index contributed by atoms with van der Waals surface area (Å²) in [6.07, 6.45) is 1.75. The van der Waals surface area contributed by atoms with Gasteiger partial charge in [0.2, 0.25) is 0 Å². The van der Waals surface area contributed by atoms with Gasteiger partial charge in [-0.05, 0) is 23.9 Å². The molecular weight excluding hydrogens is 270 g/mol. The summed E-state index contributed by atoms with van der Waals surface area (Å²) in [5.41, 5.74) is 1.23. The summed E-state index contributed by atoms with van der Waals surface area (Å²) in [6.45, 7) is 3.52. The van der Waals surface area contributed by atoms with Gasteiger partial charge in [-0.15, -0.1) is 0 Å². The van der Waals surface area contributed by atoms with Gasteiger partial charge in [0.15, 0.2) is 0 Å². The van der Waals surface area contributed by atoms with Gasteiger partial charge in [-0.25, -0.2) is 0 Å². The maximum Gasteiger partial charge on any atom is 0.126 e. The van der Waals surface area contributed by atoms with Crippen LogP contribution in [0.15, 0.2) is 36.4 Å². The second kappa shape index (κ2) is 6.86. The molecule has 2 aromatic carbocycles. The fraction of sp³-hybridized carbons (Fsp3) is 0.375. The van der Waals surface area contributed by atoms with Crippen molar-refractivity contribution in [3.63, 3.8) is 0 Å². The van der Waals surface area contributed by atoms with Crippen LogP contribution < -0.4 is 10.1 Å². The number of hydrogen-bond donors (Lipinski definition) is 1. The van der Waals surface area contributed by atoms with Gasteiger partial charge >= 0.3 is 0 Å². The number of nitrogens with one attached hydrogen (secondary N) is 1. The largest absolute Gasteiger partial charge is 0.496 e. The van der Waals surface area contributed by atoms with E-state index in [1.54, 1.807) is 13.4 Å². The zero-order valence-electron chi connectivity index (χ0n) is 12.2. The first kappa shape index (κ1) is 15.0. The molecule has 3 nitrogen and oxygen atoms in total. The van der Waals surface area contributed by atoms with E-state index in [1.807, 2.05) is 25.1 Å². The summed E-state index contributed by atoms with van der Waals surface area (Å²) < 4.78 is 16.7. The van der Waals surface area contributed by atoms with Crippen LogP contribution in [0.3, 0.4) is 0 Å². The third-order valence-electron chi connectivity index (χ3n) is 3.51. The first-order valence-corrected chi connectivity index (χ1v) is 8.33. The molecule has 0 aliphatic rings. The van der Waals surface area contributed by atoms with Crippen LogP contribution >= 0.6 is 0 Å². The molecule has 108 valence electrons. The smallest absolute Gasteiger partial charge is 0.126 e. The highest BCUT2D eigenvalue weighted by Gasteiger charge is 2.08. The van der Waals surface area contributed by atoms with Crippen LogP contribution in [-0.2, 0) is 17.3 Å². The number of ether oxygens (including phenoxy) is 1. The molecule has 0 amide bonds. The third-order valence-corrected chi connectivity index (χ3v) is 4.81. The molecule has 0 heterocycles. The maximum atomic E-state index is 11.3. The molecule has 2 atom stereocenters. The topological polar surface area (TPSA) is 38.3 Å². The van der Waals surface area contributed by atoms with Gasteiger partial charge in [-0.1, -0.05) is 30.3 Å². The molecule has 2 aromatic rings. The van der Waals surface area contributed by atoms with Crippen molar-refractivity contribution in [2.75, 3.05) is 19.9 Å². The first-order chi connectivity index (χ1) is 9.63. The van der Waals surface area contributed by atoms with Crippen LogP contribution in [0.2, 0.25) is 0 Å². The Bertz CT molecular complexity index is 612. The Kier molecular flexibility index (Phi) is 5.15. The molecule has 0 bridgehead atoms. The van der Waals surface area contributed by atoms with E-state index in [9.17, 15) is 4.21 Å². The van der Waals surface area contributed by atoms with E-state index in [0.717, 1.165) is 24.2 Å². The molecule has 0 saturated carbocycles. The Morgan fingerprint density at radius 1 is 1.20 bits per heavy atom. The van der Waals surface area contributed by atoms with Crippen LogP contribution in [0.4, 0.5) is 0 Å². The van der Waals surface area contributed by atoms with Crippen molar-refractivity contribution in [3.05, 3.63) is 42.0 Å². The zero-order valence-corrected chi connectivity index (χ0v) is 13.0. The second-order valence-corrected chi connectivity index (χ2v) is 6.71. The Morgan fingerprint density at radius 2 is 1.90 bits per heavy atom. The molecule has 2 unspecified atom stereocenters. The summed E-state index contributed by atoms with van der Waals surface area (Å²) >= 11 is 0. The predicted molar refractivity (Wildman–Crippen MR) is 85.7 cm³/mol. The van der Waals surface area contributed by atoms with Crippen molar-refractivity contribution in [2.24, 2.45) is 0 Å². The summed E-state index contributed by atoms with van der Waals surface area (Å²) in [7, 11) is 0.909. The number of benzene rings is 2. The van der Waals surface area contributed by atoms with Crippen LogP contribution in [0.25, 0.3) is 10.8 Å². The van der Waals surface area contributed by atoms with Gasteiger partial charge in [0.1, 0.15) is 5.75 Å². The van der Waals surface area contributed by atoms with Crippen molar-refractivity contribution in [2.45, 2.75) is 18.7 Å². The van der Waals surface area contributed by atoms with Crippen molar-refractivity contribution >= 4 is 21.6 Å². The average molecular weight is 291 g/mol. The molecule has 0 saturated heterocycles. The molecule has 0 fully saturated rings. The summed E-state index contributed by atoms with van der Waals surface area (Å²) in [6, 6.07) is 12.3. The van der Waals surface area contributed by atoms with E-state index in [2.05, 4.69) is 23.5 Å². The van der Waals surface area contributed by atoms with Gasteiger partial charge in [0, 0.05) is 40.8 Å². The average Bonchev–Trinajstić information content (AvgIpc) is 2.47. The maximum absolute atomic E-state index is 11.3. The Balaban J connectivity index is 2.17. The van der Waals surface area contributed by atoms with E-state index in [-0.39, 0.29) is 5.25 Å². The van der Waals surface area contributed by atoms with Crippen LogP contribution in [0.5, 0.6) is 5.75 Å². The lowest BCUT2D eigenvalue weighted by Crippen LogP contribution is -2.27. The Labute approximate surface area is 122 Å². The van der Waals surface area contributed by atoms with E-state index >= 15 is 0 Å². The van der Waals surface area contributed by atoms with Gasteiger partial charge in [0.05, 0.1) is 7.11 Å². The van der Waals surface area contributed by atoms with Crippen molar-refractivity contribution in [3.8, 4) is 5.75 Å². The highest BCUT2D eigenvalue weighted by Crippen LogP contribution is 2.28. The standard InChI is InChI=1S/C16H21NO2S/c1-12(20(3)18)10-17-11-13-8-9-16(19-2)15-7-5-4-6-14(13)15/h4-9,12,17H,10-11H2,1-3H3. The molecule has 0 spiro atoms.